The van der Waals surface area contributed by atoms with Crippen LogP contribution in [0.1, 0.15) is 54.9 Å². The van der Waals surface area contributed by atoms with Crippen LogP contribution in [0, 0.1) is 11.8 Å². The minimum atomic E-state index is -2.40. The Balaban J connectivity index is 3.81. The van der Waals surface area contributed by atoms with Crippen molar-refractivity contribution in [3.63, 3.8) is 0 Å². The molecule has 1 heterocycles. The van der Waals surface area contributed by atoms with E-state index in [0.717, 1.165) is 0 Å². The molecule has 3 N–H and O–H groups in total. The van der Waals surface area contributed by atoms with E-state index in [9.17, 15) is 19.8 Å². The highest BCUT2D eigenvalue weighted by Crippen LogP contribution is 2.49. The summed E-state index contributed by atoms with van der Waals surface area (Å²) < 4.78 is 13.4. The van der Waals surface area contributed by atoms with E-state index >= 15 is 0 Å². The fraction of sp³-hybridized carbons (Fsp3) is 0.909. The Hall–Kier alpha value is -0.746. The largest absolute Gasteiger partial charge is 0.479 e. The third kappa shape index (κ3) is 5.10. The lowest BCUT2D eigenvalue weighted by atomic mass is 9.70. The van der Waals surface area contributed by atoms with Gasteiger partial charge in [-0.05, 0) is 56.5 Å². The van der Waals surface area contributed by atoms with Gasteiger partial charge in [-0.25, -0.2) is 4.79 Å². The lowest BCUT2D eigenvalue weighted by molar-refractivity contribution is -0.167. The molecule has 31 heavy (non-hydrogen) atoms. The maximum Gasteiger partial charge on any atom is 0.335 e. The van der Waals surface area contributed by atoms with Gasteiger partial charge in [-0.3, -0.25) is 4.79 Å². The first-order valence-electron chi connectivity index (χ1n) is 11.4. The Kier molecular flexibility index (Phi) is 8.78. The van der Waals surface area contributed by atoms with Gasteiger partial charge in [-0.15, -0.1) is 0 Å². The summed E-state index contributed by atoms with van der Waals surface area (Å²) in [5, 5.41) is 23.2. The monoisotopic (exact) mass is 475 g/mol. The van der Waals surface area contributed by atoms with Crippen LogP contribution in [0.2, 0.25) is 37.3 Å². The molecule has 0 aliphatic carbocycles. The number of hydrogen-bond acceptors (Lipinski definition) is 5. The normalized spacial score (nSPS) is 28.5. The summed E-state index contributed by atoms with van der Waals surface area (Å²) in [5.74, 6) is -2.51. The number of aliphatic hydroxyl groups excluding tert-OH is 1. The molecule has 0 unspecified atom stereocenters. The van der Waals surface area contributed by atoms with E-state index in [1.165, 1.54) is 0 Å². The average molecular weight is 476 g/mol. The Morgan fingerprint density at radius 1 is 1.06 bits per heavy atom. The molecular formula is C22H45NO6Si2. The molecule has 0 radical (unpaired) electrons. The van der Waals surface area contributed by atoms with Crippen LogP contribution >= 0.6 is 0 Å². The Morgan fingerprint density at radius 2 is 1.55 bits per heavy atom. The predicted molar refractivity (Wildman–Crippen MR) is 128 cm³/mol. The number of carboxylic acid groups (broad SMARTS) is 1. The van der Waals surface area contributed by atoms with Gasteiger partial charge in [0, 0.05) is 6.61 Å². The van der Waals surface area contributed by atoms with Crippen molar-refractivity contribution in [2.24, 2.45) is 11.8 Å². The highest BCUT2D eigenvalue weighted by atomic mass is 28.4. The second-order valence-corrected chi connectivity index (χ2v) is 20.3. The van der Waals surface area contributed by atoms with Crippen molar-refractivity contribution in [1.82, 2.24) is 5.32 Å². The molecule has 1 aliphatic heterocycles. The predicted octanol–water partition coefficient (Wildman–Crippen LogP) is 3.98. The zero-order valence-electron chi connectivity index (χ0n) is 21.3. The SMILES string of the molecule is CC(C)[C@H](O[Si](C)(C)C(C)C)[C@]1(C(=O)O)NC(=O)[C@H](CCO)[C@]1(C)O[Si](C)(C)C(C)C. The first kappa shape index (κ1) is 28.3. The second kappa shape index (κ2) is 9.63. The van der Waals surface area contributed by atoms with E-state index in [2.05, 4.69) is 46.1 Å². The molecule has 1 fully saturated rings. The summed E-state index contributed by atoms with van der Waals surface area (Å²) in [5.41, 5.74) is -2.65. The van der Waals surface area contributed by atoms with E-state index in [-0.39, 0.29) is 30.0 Å². The van der Waals surface area contributed by atoms with Crippen LogP contribution in [0.25, 0.3) is 0 Å². The van der Waals surface area contributed by atoms with Gasteiger partial charge in [-0.2, -0.15) is 0 Å². The molecule has 9 heteroatoms. The maximum atomic E-state index is 13.2. The molecule has 0 aromatic carbocycles. The van der Waals surface area contributed by atoms with E-state index < -0.39 is 51.7 Å². The molecular weight excluding hydrogens is 430 g/mol. The van der Waals surface area contributed by atoms with Crippen LogP contribution in [0.15, 0.2) is 0 Å². The smallest absolute Gasteiger partial charge is 0.335 e. The zero-order chi connectivity index (χ0) is 24.6. The van der Waals surface area contributed by atoms with E-state index in [0.29, 0.717) is 0 Å². The Bertz CT molecular complexity index is 666. The van der Waals surface area contributed by atoms with Crippen LogP contribution < -0.4 is 5.32 Å². The van der Waals surface area contributed by atoms with Crippen molar-refractivity contribution >= 4 is 28.5 Å². The van der Waals surface area contributed by atoms with Gasteiger partial charge in [0.05, 0.1) is 12.0 Å². The molecule has 7 nitrogen and oxygen atoms in total. The zero-order valence-corrected chi connectivity index (χ0v) is 23.3. The highest BCUT2D eigenvalue weighted by molar-refractivity contribution is 6.73. The fourth-order valence-electron chi connectivity index (χ4n) is 4.21. The summed E-state index contributed by atoms with van der Waals surface area (Å²) in [6, 6.07) is 0. The Morgan fingerprint density at radius 3 is 1.90 bits per heavy atom. The lowest BCUT2D eigenvalue weighted by Crippen LogP contribution is -2.74. The van der Waals surface area contributed by atoms with Crippen LogP contribution in [0.4, 0.5) is 0 Å². The third-order valence-electron chi connectivity index (χ3n) is 7.56. The number of rotatable bonds is 11. The topological polar surface area (TPSA) is 105 Å². The van der Waals surface area contributed by atoms with Crippen molar-refractivity contribution in [3.8, 4) is 0 Å². The molecule has 1 amide bonds. The number of nitrogens with one attached hydrogen (secondary N) is 1. The molecule has 1 saturated heterocycles. The molecule has 0 saturated carbocycles. The molecule has 0 spiro atoms. The summed E-state index contributed by atoms with van der Waals surface area (Å²) in [6.45, 7) is 21.9. The number of aliphatic hydroxyl groups is 1. The van der Waals surface area contributed by atoms with E-state index in [1.54, 1.807) is 6.92 Å². The summed E-state index contributed by atoms with van der Waals surface area (Å²) >= 11 is 0. The standard InChI is InChI=1S/C22H45NO6Si2/c1-14(2)18(28-30(8,9)15(3)4)22(20(26)27)21(7,29-31(10,11)16(5)6)17(12-13-24)19(25)23-22/h14-18,24H,12-13H2,1-11H3,(H,23,25)(H,26,27)/t17-,18-,21-,22+/m0/s1. The number of amides is 1. The number of hydrogen-bond donors (Lipinski definition) is 3. The van der Waals surface area contributed by atoms with Gasteiger partial charge in [0.1, 0.15) is 5.60 Å². The van der Waals surface area contributed by atoms with Crippen LogP contribution in [0.3, 0.4) is 0 Å². The number of aliphatic carboxylic acids is 1. The summed E-state index contributed by atoms with van der Waals surface area (Å²) in [7, 11) is -4.68. The molecule has 182 valence electrons. The number of carbonyl (C=O) groups excluding carboxylic acids is 1. The third-order valence-corrected chi connectivity index (χ3v) is 14.9. The van der Waals surface area contributed by atoms with Crippen LogP contribution in [0.5, 0.6) is 0 Å². The molecule has 4 atom stereocenters. The minimum absolute atomic E-state index is 0.135. The lowest BCUT2D eigenvalue weighted by Gasteiger charge is -2.52. The van der Waals surface area contributed by atoms with Gasteiger partial charge in [-0.1, -0.05) is 41.5 Å². The summed E-state index contributed by atoms with van der Waals surface area (Å²) in [4.78, 5) is 26.3. The Labute approximate surface area is 190 Å². The van der Waals surface area contributed by atoms with Gasteiger partial charge >= 0.3 is 5.97 Å². The van der Waals surface area contributed by atoms with Gasteiger partial charge in [0.15, 0.2) is 22.2 Å². The van der Waals surface area contributed by atoms with E-state index in [4.69, 9.17) is 8.85 Å². The number of carbonyl (C=O) groups is 2. The average Bonchev–Trinajstić information content (AvgIpc) is 2.81. The first-order chi connectivity index (χ1) is 13.9. The van der Waals surface area contributed by atoms with Crippen LogP contribution in [-0.2, 0) is 18.4 Å². The first-order valence-corrected chi connectivity index (χ1v) is 17.4. The van der Waals surface area contributed by atoms with Crippen molar-refractivity contribution < 1.29 is 28.7 Å². The summed E-state index contributed by atoms with van der Waals surface area (Å²) in [6.07, 6.45) is -0.640. The number of carboxylic acids is 1. The van der Waals surface area contributed by atoms with E-state index in [1.807, 2.05) is 26.9 Å². The molecule has 1 rings (SSSR count). The molecule has 0 aromatic heterocycles. The van der Waals surface area contributed by atoms with Crippen molar-refractivity contribution in [2.75, 3.05) is 6.61 Å². The quantitative estimate of drug-likeness (QED) is 0.390. The minimum Gasteiger partial charge on any atom is -0.479 e. The van der Waals surface area contributed by atoms with Crippen molar-refractivity contribution in [3.05, 3.63) is 0 Å². The molecule has 0 bridgehead atoms. The maximum absolute atomic E-state index is 13.2. The second-order valence-electron chi connectivity index (χ2n) is 11.2. The van der Waals surface area contributed by atoms with Gasteiger partial charge in [0.25, 0.3) is 0 Å². The molecule has 0 aromatic rings. The molecule has 1 aliphatic rings. The highest BCUT2D eigenvalue weighted by Gasteiger charge is 2.72. The fourth-order valence-corrected chi connectivity index (χ4v) is 7.22. The van der Waals surface area contributed by atoms with Crippen LogP contribution in [-0.4, -0.2) is 62.6 Å². The van der Waals surface area contributed by atoms with Gasteiger partial charge in [0.2, 0.25) is 5.91 Å². The van der Waals surface area contributed by atoms with Crippen molar-refractivity contribution in [2.45, 2.75) is 109 Å². The van der Waals surface area contributed by atoms with Crippen molar-refractivity contribution in [1.29, 1.82) is 0 Å². The van der Waals surface area contributed by atoms with Gasteiger partial charge < -0.3 is 24.4 Å².